The van der Waals surface area contributed by atoms with Crippen molar-refractivity contribution in [2.45, 2.75) is 40.0 Å². The molecule has 2 N–H and O–H groups in total. The molecule has 0 atom stereocenters. The number of amides is 2. The number of anilines is 1. The maximum absolute atomic E-state index is 13.2. The van der Waals surface area contributed by atoms with Crippen LogP contribution >= 0.6 is 27.5 Å². The molecule has 0 saturated heterocycles. The van der Waals surface area contributed by atoms with Crippen LogP contribution in [0.4, 0.5) is 5.69 Å². The zero-order chi connectivity index (χ0) is 24.0. The Bertz CT molecular complexity index is 1210. The van der Waals surface area contributed by atoms with Crippen LogP contribution in [-0.2, 0) is 0 Å². The highest BCUT2D eigenvalue weighted by molar-refractivity contribution is 9.10. The van der Waals surface area contributed by atoms with Crippen molar-refractivity contribution in [2.75, 3.05) is 5.32 Å². The maximum atomic E-state index is 13.2. The summed E-state index contributed by atoms with van der Waals surface area (Å²) in [6.07, 6.45) is 4.42. The number of rotatable bonds is 8. The SMILES string of the molecule is CCCC/C(C)=N/NC(=O)c1c(C)cccc1NC(=O)c1cc(Br)nn1-c1ncccc1Cl. The molecule has 10 heteroatoms. The summed E-state index contributed by atoms with van der Waals surface area (Å²) in [5.41, 5.74) is 5.02. The van der Waals surface area contributed by atoms with E-state index in [1.54, 1.807) is 49.5 Å². The van der Waals surface area contributed by atoms with E-state index in [0.29, 0.717) is 32.3 Å². The number of carbonyl (C=O) groups excluding carboxylic acids is 2. The number of hydrazone groups is 1. The van der Waals surface area contributed by atoms with Gasteiger partial charge < -0.3 is 5.32 Å². The minimum Gasteiger partial charge on any atom is -0.320 e. The van der Waals surface area contributed by atoms with Gasteiger partial charge in [-0.15, -0.1) is 0 Å². The molecule has 0 fully saturated rings. The fraction of sp³-hybridized carbons (Fsp3) is 0.261. The van der Waals surface area contributed by atoms with Crippen LogP contribution in [0.5, 0.6) is 0 Å². The lowest BCUT2D eigenvalue weighted by atomic mass is 10.1. The monoisotopic (exact) mass is 530 g/mol. The molecule has 0 radical (unpaired) electrons. The van der Waals surface area contributed by atoms with Crippen molar-refractivity contribution in [1.29, 1.82) is 0 Å². The number of nitrogens with zero attached hydrogens (tertiary/aromatic N) is 4. The second-order valence-corrected chi connectivity index (χ2v) is 8.64. The van der Waals surface area contributed by atoms with Crippen molar-refractivity contribution in [2.24, 2.45) is 5.10 Å². The van der Waals surface area contributed by atoms with E-state index in [1.165, 1.54) is 4.68 Å². The topological polar surface area (TPSA) is 101 Å². The standard InChI is InChI=1S/C23H24BrClN6O2/c1-4-5-9-15(3)28-29-23(33)20-14(2)8-6-11-17(20)27-22(32)18-13-19(24)30-31(18)21-16(25)10-7-12-26-21/h6-8,10-13H,4-5,9H2,1-3H3,(H,27,32)(H,29,33)/b28-15+. The highest BCUT2D eigenvalue weighted by atomic mass is 79.9. The van der Waals surface area contributed by atoms with Crippen LogP contribution in [0.15, 0.2) is 52.3 Å². The van der Waals surface area contributed by atoms with Crippen molar-refractivity contribution in [3.63, 3.8) is 0 Å². The van der Waals surface area contributed by atoms with E-state index in [4.69, 9.17) is 11.6 Å². The predicted octanol–water partition coefficient (Wildman–Crippen LogP) is 5.54. The molecule has 8 nitrogen and oxygen atoms in total. The van der Waals surface area contributed by atoms with Gasteiger partial charge in [0.2, 0.25) is 0 Å². The average Bonchev–Trinajstić information content (AvgIpc) is 3.18. The molecule has 0 aliphatic rings. The number of pyridine rings is 1. The first-order chi connectivity index (χ1) is 15.8. The Balaban J connectivity index is 1.88. The van der Waals surface area contributed by atoms with Crippen LogP contribution in [0.25, 0.3) is 5.82 Å². The lowest BCUT2D eigenvalue weighted by Gasteiger charge is -2.13. The Morgan fingerprint density at radius 3 is 2.73 bits per heavy atom. The quantitative estimate of drug-likeness (QED) is 0.294. The molecule has 0 spiro atoms. The summed E-state index contributed by atoms with van der Waals surface area (Å²) in [6, 6.07) is 10.1. The molecule has 3 rings (SSSR count). The minimum atomic E-state index is -0.475. The molecule has 0 aliphatic heterocycles. The molecule has 2 heterocycles. The average molecular weight is 532 g/mol. The van der Waals surface area contributed by atoms with Gasteiger partial charge in [-0.05, 0) is 66.4 Å². The van der Waals surface area contributed by atoms with E-state index < -0.39 is 11.8 Å². The normalized spacial score (nSPS) is 11.4. The molecule has 0 bridgehead atoms. The third-order valence-electron chi connectivity index (χ3n) is 4.84. The number of hydrogen-bond donors (Lipinski definition) is 2. The van der Waals surface area contributed by atoms with Gasteiger partial charge in [-0.2, -0.15) is 10.2 Å². The van der Waals surface area contributed by atoms with Crippen LogP contribution < -0.4 is 10.7 Å². The second kappa shape index (κ2) is 11.2. The van der Waals surface area contributed by atoms with Gasteiger partial charge >= 0.3 is 0 Å². The Labute approximate surface area is 205 Å². The smallest absolute Gasteiger partial charge is 0.274 e. The van der Waals surface area contributed by atoms with E-state index in [9.17, 15) is 9.59 Å². The first-order valence-corrected chi connectivity index (χ1v) is 11.6. The summed E-state index contributed by atoms with van der Waals surface area (Å²) >= 11 is 9.55. The summed E-state index contributed by atoms with van der Waals surface area (Å²) in [5.74, 6) is -0.562. The largest absolute Gasteiger partial charge is 0.320 e. The van der Waals surface area contributed by atoms with Gasteiger partial charge in [0.1, 0.15) is 10.3 Å². The van der Waals surface area contributed by atoms with Crippen LogP contribution in [-0.4, -0.2) is 32.3 Å². The molecule has 2 aromatic heterocycles. The van der Waals surface area contributed by atoms with Crippen molar-refractivity contribution < 1.29 is 9.59 Å². The van der Waals surface area contributed by atoms with Crippen molar-refractivity contribution >= 4 is 50.7 Å². The van der Waals surface area contributed by atoms with Crippen molar-refractivity contribution in [1.82, 2.24) is 20.2 Å². The van der Waals surface area contributed by atoms with Crippen LogP contribution in [0.2, 0.25) is 5.02 Å². The number of aryl methyl sites for hydroxylation is 1. The van der Waals surface area contributed by atoms with Gasteiger partial charge in [0.25, 0.3) is 11.8 Å². The molecule has 0 unspecified atom stereocenters. The zero-order valence-electron chi connectivity index (χ0n) is 18.5. The Morgan fingerprint density at radius 1 is 1.21 bits per heavy atom. The van der Waals surface area contributed by atoms with Gasteiger partial charge in [0.05, 0.1) is 16.3 Å². The fourth-order valence-electron chi connectivity index (χ4n) is 3.16. The number of benzene rings is 1. The van der Waals surface area contributed by atoms with Gasteiger partial charge in [0.15, 0.2) is 5.82 Å². The van der Waals surface area contributed by atoms with E-state index in [2.05, 4.69) is 48.8 Å². The van der Waals surface area contributed by atoms with E-state index in [-0.39, 0.29) is 5.69 Å². The number of halogens is 2. The van der Waals surface area contributed by atoms with Gasteiger partial charge in [0, 0.05) is 18.0 Å². The Kier molecular flexibility index (Phi) is 8.35. The highest BCUT2D eigenvalue weighted by Crippen LogP contribution is 2.24. The zero-order valence-corrected chi connectivity index (χ0v) is 20.9. The summed E-state index contributed by atoms with van der Waals surface area (Å²) < 4.78 is 1.78. The molecule has 0 aliphatic carbocycles. The molecule has 2 amide bonds. The first kappa shape index (κ1) is 24.6. The maximum Gasteiger partial charge on any atom is 0.274 e. The number of nitrogens with one attached hydrogen (secondary N) is 2. The second-order valence-electron chi connectivity index (χ2n) is 7.42. The van der Waals surface area contributed by atoms with E-state index in [0.717, 1.165) is 25.0 Å². The molecule has 172 valence electrons. The highest BCUT2D eigenvalue weighted by Gasteiger charge is 2.21. The molecular formula is C23H24BrClN6O2. The van der Waals surface area contributed by atoms with E-state index in [1.807, 2.05) is 6.92 Å². The molecular weight excluding hydrogens is 508 g/mol. The van der Waals surface area contributed by atoms with Gasteiger partial charge in [-0.25, -0.2) is 15.1 Å². The molecule has 1 aromatic carbocycles. The van der Waals surface area contributed by atoms with Crippen LogP contribution in [0.3, 0.4) is 0 Å². The third-order valence-corrected chi connectivity index (χ3v) is 5.52. The molecule has 3 aromatic rings. The first-order valence-electron chi connectivity index (χ1n) is 10.4. The predicted molar refractivity (Wildman–Crippen MR) is 133 cm³/mol. The van der Waals surface area contributed by atoms with Crippen molar-refractivity contribution in [3.8, 4) is 5.82 Å². The Hall–Kier alpha value is -3.04. The number of hydrogen-bond acceptors (Lipinski definition) is 5. The summed E-state index contributed by atoms with van der Waals surface area (Å²) in [6.45, 7) is 5.77. The fourth-order valence-corrected chi connectivity index (χ4v) is 3.74. The van der Waals surface area contributed by atoms with Crippen molar-refractivity contribution in [3.05, 3.63) is 69.0 Å². The Morgan fingerprint density at radius 2 is 2.00 bits per heavy atom. The molecule has 33 heavy (non-hydrogen) atoms. The third kappa shape index (κ3) is 6.06. The number of aromatic nitrogens is 3. The minimum absolute atomic E-state index is 0.198. The lowest BCUT2D eigenvalue weighted by molar-refractivity contribution is 0.0955. The summed E-state index contributed by atoms with van der Waals surface area (Å²) in [7, 11) is 0. The number of carbonyl (C=O) groups is 2. The molecule has 0 saturated carbocycles. The van der Waals surface area contributed by atoms with Gasteiger partial charge in [-0.3, -0.25) is 9.59 Å². The lowest BCUT2D eigenvalue weighted by Crippen LogP contribution is -2.24. The van der Waals surface area contributed by atoms with Crippen LogP contribution in [0, 0.1) is 6.92 Å². The van der Waals surface area contributed by atoms with Gasteiger partial charge in [-0.1, -0.05) is 37.1 Å². The van der Waals surface area contributed by atoms with Crippen LogP contribution in [0.1, 0.15) is 59.5 Å². The summed E-state index contributed by atoms with van der Waals surface area (Å²) in [5, 5.41) is 11.6. The summed E-state index contributed by atoms with van der Waals surface area (Å²) in [4.78, 5) is 30.3. The van der Waals surface area contributed by atoms with E-state index >= 15 is 0 Å². The number of unbranched alkanes of at least 4 members (excludes halogenated alkanes) is 1.